The minimum Gasteiger partial charge on any atom is -0.273 e. The molecule has 3 aromatic rings. The molecule has 25 heavy (non-hydrogen) atoms. The van der Waals surface area contributed by atoms with E-state index < -0.39 is 0 Å². The maximum absolute atomic E-state index is 12.3. The van der Waals surface area contributed by atoms with Gasteiger partial charge in [-0.15, -0.1) is 28.0 Å². The third-order valence-electron chi connectivity index (χ3n) is 3.43. The van der Waals surface area contributed by atoms with Gasteiger partial charge in [0.05, 0.1) is 5.69 Å². The van der Waals surface area contributed by atoms with Gasteiger partial charge in [-0.3, -0.25) is 14.2 Å². The molecule has 2 aromatic carbocycles. The number of nitrogens with one attached hydrogen (secondary N) is 1. The molecule has 5 nitrogen and oxygen atoms in total. The summed E-state index contributed by atoms with van der Waals surface area (Å²) in [5.74, 6) is -0.842. The van der Waals surface area contributed by atoms with Crippen molar-refractivity contribution < 1.29 is 9.59 Å². The van der Waals surface area contributed by atoms with E-state index in [-0.39, 0.29) is 17.7 Å². The summed E-state index contributed by atoms with van der Waals surface area (Å²) in [4.78, 5) is 24.7. The summed E-state index contributed by atoms with van der Waals surface area (Å²) in [5.41, 5.74) is 4.52. The van der Waals surface area contributed by atoms with Crippen LogP contribution in [0.4, 0.5) is 0 Å². The van der Waals surface area contributed by atoms with Crippen LogP contribution in [0.3, 0.4) is 0 Å². The predicted molar refractivity (Wildman–Crippen MR) is 98.6 cm³/mol. The number of rotatable bonds is 4. The molecule has 1 N–H and O–H groups in total. The molecule has 1 amide bonds. The molecular weight excluding hydrogens is 358 g/mol. The Kier molecular flexibility index (Phi) is 5.42. The number of benzene rings is 2. The average Bonchev–Trinajstić information content (AvgIpc) is 3.10. The molecule has 0 bridgehead atoms. The maximum Gasteiger partial charge on any atom is 0.271 e. The number of hydrogen-bond donors (Lipinski definition) is 1. The first-order chi connectivity index (χ1) is 12.2. The van der Waals surface area contributed by atoms with Crippen molar-refractivity contribution in [2.75, 3.05) is 5.88 Å². The van der Waals surface area contributed by atoms with Crippen LogP contribution in [-0.4, -0.2) is 22.3 Å². The van der Waals surface area contributed by atoms with E-state index in [1.54, 1.807) is 24.3 Å². The summed E-state index contributed by atoms with van der Waals surface area (Å²) in [6, 6.07) is 18.2. The van der Waals surface area contributed by atoms with Crippen molar-refractivity contribution in [1.82, 2.24) is 9.99 Å². The number of alkyl halides is 1. The van der Waals surface area contributed by atoms with Gasteiger partial charge in [0, 0.05) is 10.9 Å². The minimum atomic E-state index is -0.347. The van der Waals surface area contributed by atoms with E-state index in [2.05, 4.69) is 10.5 Å². The van der Waals surface area contributed by atoms with E-state index in [0.29, 0.717) is 16.1 Å². The fraction of sp³-hybridized carbons (Fsp3) is 0.0556. The summed E-state index contributed by atoms with van der Waals surface area (Å²) in [7, 11) is 0. The Labute approximate surface area is 153 Å². The van der Waals surface area contributed by atoms with Crippen molar-refractivity contribution in [2.24, 2.45) is 5.10 Å². The van der Waals surface area contributed by atoms with E-state index in [1.165, 1.54) is 15.9 Å². The number of carbonyl (C=O) groups is 2. The lowest BCUT2D eigenvalue weighted by molar-refractivity contribution is 0.0926. The zero-order valence-corrected chi connectivity index (χ0v) is 14.6. The van der Waals surface area contributed by atoms with Crippen LogP contribution in [0.25, 0.3) is 11.3 Å². The smallest absolute Gasteiger partial charge is 0.271 e. The van der Waals surface area contributed by atoms with Gasteiger partial charge in [-0.05, 0) is 17.7 Å². The van der Waals surface area contributed by atoms with E-state index in [1.807, 2.05) is 41.8 Å². The Bertz CT molecular complexity index is 949. The Balaban J connectivity index is 1.98. The SMILES string of the molecule is O=C(N/N=c1\scc(-c2ccccc2)n1C(=O)CCl)c1ccccc1. The fourth-order valence-electron chi connectivity index (χ4n) is 2.25. The molecule has 0 spiro atoms. The second-order valence-electron chi connectivity index (χ2n) is 5.05. The standard InChI is InChI=1S/C18H14ClN3O2S/c19-11-16(23)22-15(13-7-3-1-4-8-13)12-25-18(22)21-20-17(24)14-9-5-2-6-10-14/h1-10,12H,11H2,(H,20,24)/b21-18-. The van der Waals surface area contributed by atoms with Gasteiger partial charge in [0.1, 0.15) is 5.88 Å². The van der Waals surface area contributed by atoms with Crippen LogP contribution in [0, 0.1) is 0 Å². The minimum absolute atomic E-state index is 0.184. The first-order valence-electron chi connectivity index (χ1n) is 7.45. The molecule has 0 aliphatic carbocycles. The van der Waals surface area contributed by atoms with Gasteiger partial charge in [0.15, 0.2) is 0 Å². The first kappa shape index (κ1) is 17.1. The zero-order chi connectivity index (χ0) is 17.6. The Hall–Kier alpha value is -2.70. The number of halogens is 1. The van der Waals surface area contributed by atoms with Gasteiger partial charge in [0.2, 0.25) is 10.7 Å². The summed E-state index contributed by atoms with van der Waals surface area (Å²) in [5, 5.41) is 5.91. The Morgan fingerprint density at radius 2 is 1.68 bits per heavy atom. The van der Waals surface area contributed by atoms with Crippen LogP contribution in [-0.2, 0) is 0 Å². The molecule has 3 rings (SSSR count). The van der Waals surface area contributed by atoms with Crippen molar-refractivity contribution >= 4 is 34.8 Å². The number of nitrogens with zero attached hydrogens (tertiary/aromatic N) is 2. The van der Waals surface area contributed by atoms with Crippen molar-refractivity contribution in [2.45, 2.75) is 0 Å². The van der Waals surface area contributed by atoms with Crippen molar-refractivity contribution in [3.63, 3.8) is 0 Å². The van der Waals surface area contributed by atoms with Gasteiger partial charge in [0.25, 0.3) is 5.91 Å². The van der Waals surface area contributed by atoms with E-state index in [4.69, 9.17) is 11.6 Å². The maximum atomic E-state index is 12.3. The monoisotopic (exact) mass is 371 g/mol. The molecule has 0 saturated heterocycles. The molecule has 0 atom stereocenters. The van der Waals surface area contributed by atoms with Crippen LogP contribution < -0.4 is 10.2 Å². The molecule has 0 radical (unpaired) electrons. The highest BCUT2D eigenvalue weighted by Crippen LogP contribution is 2.19. The van der Waals surface area contributed by atoms with Crippen LogP contribution >= 0.6 is 22.9 Å². The lowest BCUT2D eigenvalue weighted by Gasteiger charge is -2.06. The number of aromatic nitrogens is 1. The summed E-state index contributed by atoms with van der Waals surface area (Å²) in [6.45, 7) is 0. The molecular formula is C18H14ClN3O2S. The van der Waals surface area contributed by atoms with E-state index >= 15 is 0 Å². The van der Waals surface area contributed by atoms with Gasteiger partial charge >= 0.3 is 0 Å². The molecule has 0 aliphatic rings. The van der Waals surface area contributed by atoms with Crippen molar-refractivity contribution in [3.05, 3.63) is 76.4 Å². The summed E-state index contributed by atoms with van der Waals surface area (Å²) >= 11 is 6.99. The largest absolute Gasteiger partial charge is 0.273 e. The highest BCUT2D eigenvalue weighted by atomic mass is 35.5. The Morgan fingerprint density at radius 1 is 1.04 bits per heavy atom. The van der Waals surface area contributed by atoms with Crippen LogP contribution in [0.2, 0.25) is 0 Å². The van der Waals surface area contributed by atoms with Crippen LogP contribution in [0.5, 0.6) is 0 Å². The molecule has 0 unspecified atom stereocenters. The quantitative estimate of drug-likeness (QED) is 0.564. The van der Waals surface area contributed by atoms with Gasteiger partial charge in [-0.25, -0.2) is 5.43 Å². The third kappa shape index (κ3) is 3.87. The average molecular weight is 372 g/mol. The molecule has 0 saturated carbocycles. The Morgan fingerprint density at radius 3 is 2.32 bits per heavy atom. The second kappa shape index (κ2) is 7.92. The van der Waals surface area contributed by atoms with Gasteiger partial charge in [-0.2, -0.15) is 0 Å². The second-order valence-corrected chi connectivity index (χ2v) is 6.15. The lowest BCUT2D eigenvalue weighted by atomic mass is 10.2. The molecule has 0 fully saturated rings. The van der Waals surface area contributed by atoms with E-state index in [0.717, 1.165) is 5.56 Å². The summed E-state index contributed by atoms with van der Waals surface area (Å²) < 4.78 is 1.41. The fourth-order valence-corrected chi connectivity index (χ4v) is 3.23. The highest BCUT2D eigenvalue weighted by molar-refractivity contribution is 7.07. The molecule has 126 valence electrons. The number of carbonyl (C=O) groups excluding carboxylic acids is 2. The first-order valence-corrected chi connectivity index (χ1v) is 8.86. The zero-order valence-electron chi connectivity index (χ0n) is 13.1. The van der Waals surface area contributed by atoms with Gasteiger partial charge < -0.3 is 0 Å². The molecule has 7 heteroatoms. The number of hydrogen-bond acceptors (Lipinski definition) is 4. The molecule has 0 aliphatic heterocycles. The van der Waals surface area contributed by atoms with Crippen molar-refractivity contribution in [3.8, 4) is 11.3 Å². The number of thiazole rings is 1. The number of amides is 1. The highest BCUT2D eigenvalue weighted by Gasteiger charge is 2.14. The normalized spacial score (nSPS) is 11.3. The predicted octanol–water partition coefficient (Wildman–Crippen LogP) is 3.34. The van der Waals surface area contributed by atoms with Crippen LogP contribution in [0.1, 0.15) is 15.2 Å². The summed E-state index contributed by atoms with van der Waals surface area (Å²) in [6.07, 6.45) is 0. The van der Waals surface area contributed by atoms with Crippen molar-refractivity contribution in [1.29, 1.82) is 0 Å². The topological polar surface area (TPSA) is 63.5 Å². The van der Waals surface area contributed by atoms with Gasteiger partial charge in [-0.1, -0.05) is 48.5 Å². The molecule has 1 heterocycles. The van der Waals surface area contributed by atoms with E-state index in [9.17, 15) is 9.59 Å². The van der Waals surface area contributed by atoms with Crippen LogP contribution in [0.15, 0.2) is 71.1 Å². The lowest BCUT2D eigenvalue weighted by Crippen LogP contribution is -2.29. The third-order valence-corrected chi connectivity index (χ3v) is 4.48. The molecule has 1 aromatic heterocycles.